The maximum absolute atomic E-state index is 10.7. The first-order valence-electron chi connectivity index (χ1n) is 9.54. The third kappa shape index (κ3) is 5.29. The molecule has 0 aliphatic rings. The van der Waals surface area contributed by atoms with Crippen LogP contribution in [0.4, 0.5) is 11.4 Å². The van der Waals surface area contributed by atoms with Crippen LogP contribution in [0, 0.1) is 10.1 Å². The maximum Gasteiger partial charge on any atom is 0.269 e. The number of non-ortho nitro benzene ring substituents is 1. The summed E-state index contributed by atoms with van der Waals surface area (Å²) in [4.78, 5) is 14.7. The van der Waals surface area contributed by atoms with E-state index in [0.29, 0.717) is 0 Å². The SMILES string of the molecule is CCC(C)(C)c1ccc(Oc2ccc(N=Cc3ccc([N+](=O)[O-])cc3)cc2)cc1. The highest BCUT2D eigenvalue weighted by Gasteiger charge is 2.17. The molecule has 0 N–H and O–H groups in total. The summed E-state index contributed by atoms with van der Waals surface area (Å²) in [6.45, 7) is 6.66. The molecule has 0 bridgehead atoms. The van der Waals surface area contributed by atoms with Crippen molar-refractivity contribution in [3.8, 4) is 11.5 Å². The van der Waals surface area contributed by atoms with E-state index in [4.69, 9.17) is 4.74 Å². The Morgan fingerprint density at radius 3 is 2.00 bits per heavy atom. The number of hydrogen-bond donors (Lipinski definition) is 0. The van der Waals surface area contributed by atoms with Crippen LogP contribution in [0.5, 0.6) is 11.5 Å². The van der Waals surface area contributed by atoms with Crippen molar-refractivity contribution in [2.24, 2.45) is 4.99 Å². The molecular formula is C24H24N2O3. The zero-order valence-electron chi connectivity index (χ0n) is 16.8. The second-order valence-electron chi connectivity index (χ2n) is 7.46. The van der Waals surface area contributed by atoms with Crippen molar-refractivity contribution in [3.63, 3.8) is 0 Å². The van der Waals surface area contributed by atoms with E-state index >= 15 is 0 Å². The summed E-state index contributed by atoms with van der Waals surface area (Å²) in [7, 11) is 0. The maximum atomic E-state index is 10.7. The van der Waals surface area contributed by atoms with Gasteiger partial charge in [0.2, 0.25) is 0 Å². The molecule has 3 aromatic rings. The Kier molecular flexibility index (Phi) is 6.07. The Morgan fingerprint density at radius 2 is 1.48 bits per heavy atom. The molecule has 29 heavy (non-hydrogen) atoms. The minimum Gasteiger partial charge on any atom is -0.457 e. The molecule has 0 amide bonds. The van der Waals surface area contributed by atoms with Gasteiger partial charge in [0, 0.05) is 18.3 Å². The second kappa shape index (κ2) is 8.69. The van der Waals surface area contributed by atoms with Gasteiger partial charge >= 0.3 is 0 Å². The third-order valence-electron chi connectivity index (χ3n) is 5.06. The zero-order valence-corrected chi connectivity index (χ0v) is 16.8. The molecule has 5 nitrogen and oxygen atoms in total. The fourth-order valence-corrected chi connectivity index (χ4v) is 2.75. The van der Waals surface area contributed by atoms with Crippen molar-refractivity contribution in [3.05, 3.63) is 94.0 Å². The van der Waals surface area contributed by atoms with Gasteiger partial charge in [0.25, 0.3) is 5.69 Å². The lowest BCUT2D eigenvalue weighted by Crippen LogP contribution is -2.14. The van der Waals surface area contributed by atoms with Crippen molar-refractivity contribution < 1.29 is 9.66 Å². The number of nitro benzene ring substituents is 1. The van der Waals surface area contributed by atoms with E-state index in [1.165, 1.54) is 17.7 Å². The molecule has 0 aromatic heterocycles. The van der Waals surface area contributed by atoms with E-state index < -0.39 is 4.92 Å². The summed E-state index contributed by atoms with van der Waals surface area (Å²) < 4.78 is 5.92. The summed E-state index contributed by atoms with van der Waals surface area (Å²) in [5, 5.41) is 10.7. The summed E-state index contributed by atoms with van der Waals surface area (Å²) in [6.07, 6.45) is 2.75. The molecule has 0 atom stereocenters. The molecule has 0 unspecified atom stereocenters. The molecule has 0 aliphatic heterocycles. The number of ether oxygens (including phenoxy) is 1. The summed E-state index contributed by atoms with van der Waals surface area (Å²) in [5.41, 5.74) is 3.09. The number of nitrogens with zero attached hydrogens (tertiary/aromatic N) is 2. The average Bonchev–Trinajstić information content (AvgIpc) is 2.74. The van der Waals surface area contributed by atoms with E-state index in [0.717, 1.165) is 29.2 Å². The molecule has 0 saturated heterocycles. The number of hydrogen-bond acceptors (Lipinski definition) is 4. The first-order valence-corrected chi connectivity index (χ1v) is 9.54. The Balaban J connectivity index is 1.63. The van der Waals surface area contributed by atoms with Crippen molar-refractivity contribution in [2.75, 3.05) is 0 Å². The van der Waals surface area contributed by atoms with Gasteiger partial charge in [-0.05, 0) is 71.5 Å². The van der Waals surface area contributed by atoms with Crippen LogP contribution in [-0.4, -0.2) is 11.1 Å². The van der Waals surface area contributed by atoms with Crippen LogP contribution in [0.1, 0.15) is 38.3 Å². The van der Waals surface area contributed by atoms with Crippen LogP contribution in [0.3, 0.4) is 0 Å². The van der Waals surface area contributed by atoms with Crippen LogP contribution in [0.25, 0.3) is 0 Å². The standard InChI is InChI=1S/C24H24N2O3/c1-4-24(2,3)19-7-13-22(14-8-19)29-23-15-9-20(10-16-23)25-17-18-5-11-21(12-6-18)26(27)28/h5-17H,4H2,1-3H3. The highest BCUT2D eigenvalue weighted by molar-refractivity contribution is 5.82. The number of rotatable bonds is 7. The monoisotopic (exact) mass is 388 g/mol. The minimum absolute atomic E-state index is 0.0648. The summed E-state index contributed by atoms with van der Waals surface area (Å²) in [6, 6.07) is 21.9. The van der Waals surface area contributed by atoms with Crippen LogP contribution in [0.2, 0.25) is 0 Å². The molecule has 0 saturated carbocycles. The first-order chi connectivity index (χ1) is 13.9. The smallest absolute Gasteiger partial charge is 0.269 e. The van der Waals surface area contributed by atoms with Crippen LogP contribution >= 0.6 is 0 Å². The number of aliphatic imine (C=N–C) groups is 1. The van der Waals surface area contributed by atoms with Crippen molar-refractivity contribution >= 4 is 17.6 Å². The lowest BCUT2D eigenvalue weighted by Gasteiger charge is -2.23. The second-order valence-corrected chi connectivity index (χ2v) is 7.46. The lowest BCUT2D eigenvalue weighted by atomic mass is 9.82. The molecule has 0 radical (unpaired) electrons. The predicted molar refractivity (Wildman–Crippen MR) is 117 cm³/mol. The van der Waals surface area contributed by atoms with E-state index in [1.54, 1.807) is 18.3 Å². The van der Waals surface area contributed by atoms with Gasteiger partial charge in [0.1, 0.15) is 11.5 Å². The minimum atomic E-state index is -0.419. The highest BCUT2D eigenvalue weighted by Crippen LogP contribution is 2.30. The molecule has 148 valence electrons. The van der Waals surface area contributed by atoms with E-state index in [1.807, 2.05) is 36.4 Å². The normalized spacial score (nSPS) is 11.6. The van der Waals surface area contributed by atoms with Crippen molar-refractivity contribution in [2.45, 2.75) is 32.6 Å². The molecule has 0 heterocycles. The Labute approximate surface area is 170 Å². The quantitative estimate of drug-likeness (QED) is 0.253. The Hall–Kier alpha value is -3.47. The fourth-order valence-electron chi connectivity index (χ4n) is 2.75. The van der Waals surface area contributed by atoms with Gasteiger partial charge in [-0.15, -0.1) is 0 Å². The van der Waals surface area contributed by atoms with Crippen molar-refractivity contribution in [1.29, 1.82) is 0 Å². The third-order valence-corrected chi connectivity index (χ3v) is 5.06. The molecule has 3 rings (SSSR count). The zero-order chi connectivity index (χ0) is 20.9. The summed E-state index contributed by atoms with van der Waals surface area (Å²) in [5.74, 6) is 1.53. The van der Waals surface area contributed by atoms with Gasteiger partial charge < -0.3 is 4.74 Å². The predicted octanol–water partition coefficient (Wildman–Crippen LogP) is 6.83. The number of nitro groups is 1. The Morgan fingerprint density at radius 1 is 0.931 bits per heavy atom. The average molecular weight is 388 g/mol. The lowest BCUT2D eigenvalue weighted by molar-refractivity contribution is -0.384. The molecule has 0 spiro atoms. The van der Waals surface area contributed by atoms with E-state index in [-0.39, 0.29) is 11.1 Å². The van der Waals surface area contributed by atoms with Crippen LogP contribution in [-0.2, 0) is 5.41 Å². The number of benzene rings is 3. The van der Waals surface area contributed by atoms with E-state index in [9.17, 15) is 10.1 Å². The van der Waals surface area contributed by atoms with Gasteiger partial charge in [-0.2, -0.15) is 0 Å². The molecule has 0 fully saturated rings. The van der Waals surface area contributed by atoms with Gasteiger partial charge in [0.05, 0.1) is 10.6 Å². The molecule has 5 heteroatoms. The first kappa shape index (κ1) is 20.3. The summed E-state index contributed by atoms with van der Waals surface area (Å²) >= 11 is 0. The Bertz CT molecular complexity index is 990. The topological polar surface area (TPSA) is 64.7 Å². The molecular weight excluding hydrogens is 364 g/mol. The largest absolute Gasteiger partial charge is 0.457 e. The highest BCUT2D eigenvalue weighted by atomic mass is 16.6. The van der Waals surface area contributed by atoms with Crippen LogP contribution in [0.15, 0.2) is 77.8 Å². The van der Waals surface area contributed by atoms with Gasteiger partial charge in [-0.25, -0.2) is 0 Å². The van der Waals surface area contributed by atoms with Crippen molar-refractivity contribution in [1.82, 2.24) is 0 Å². The van der Waals surface area contributed by atoms with Gasteiger partial charge in [0.15, 0.2) is 0 Å². The van der Waals surface area contributed by atoms with Gasteiger partial charge in [-0.3, -0.25) is 15.1 Å². The van der Waals surface area contributed by atoms with E-state index in [2.05, 4.69) is 37.9 Å². The molecule has 3 aromatic carbocycles. The van der Waals surface area contributed by atoms with Crippen LogP contribution < -0.4 is 4.74 Å². The fraction of sp³-hybridized carbons (Fsp3) is 0.208. The van der Waals surface area contributed by atoms with Gasteiger partial charge in [-0.1, -0.05) is 32.9 Å². The molecule has 0 aliphatic carbocycles.